The molecule has 1 aliphatic carbocycles. The van der Waals surface area contributed by atoms with Crippen LogP contribution in [-0.2, 0) is 11.2 Å². The molecule has 108 valence electrons. The number of aryl methyl sites for hydroxylation is 1. The van der Waals surface area contributed by atoms with E-state index >= 15 is 0 Å². The van der Waals surface area contributed by atoms with E-state index in [9.17, 15) is 4.79 Å². The lowest BCUT2D eigenvalue weighted by Gasteiger charge is -2.26. The lowest BCUT2D eigenvalue weighted by molar-refractivity contribution is -0.120. The Labute approximate surface area is 122 Å². The summed E-state index contributed by atoms with van der Waals surface area (Å²) in [7, 11) is 0. The van der Waals surface area contributed by atoms with Crippen LogP contribution in [0.25, 0.3) is 0 Å². The summed E-state index contributed by atoms with van der Waals surface area (Å²) >= 11 is 0. The zero-order chi connectivity index (χ0) is 13.8. The lowest BCUT2D eigenvalue weighted by Crippen LogP contribution is -2.31. The van der Waals surface area contributed by atoms with Crippen LogP contribution in [0.3, 0.4) is 0 Å². The van der Waals surface area contributed by atoms with E-state index in [-0.39, 0.29) is 0 Å². The predicted molar refractivity (Wildman–Crippen MR) is 82.0 cm³/mol. The fraction of sp³-hybridized carbons (Fsp3) is 0.611. The van der Waals surface area contributed by atoms with Crippen molar-refractivity contribution in [1.82, 2.24) is 5.32 Å². The highest BCUT2D eigenvalue weighted by atomic mass is 16.1. The fourth-order valence-corrected chi connectivity index (χ4v) is 3.84. The van der Waals surface area contributed by atoms with E-state index in [1.165, 1.54) is 43.2 Å². The van der Waals surface area contributed by atoms with Gasteiger partial charge in [0.25, 0.3) is 0 Å². The van der Waals surface area contributed by atoms with Crippen molar-refractivity contribution in [3.05, 3.63) is 35.4 Å². The molecular formula is C18H25NO. The normalized spacial score (nSPS) is 26.0. The third-order valence-electron chi connectivity index (χ3n) is 4.88. The zero-order valence-electron chi connectivity index (χ0n) is 12.2. The highest BCUT2D eigenvalue weighted by Gasteiger charge is 2.24. The van der Waals surface area contributed by atoms with E-state index in [0.717, 1.165) is 25.9 Å². The molecule has 20 heavy (non-hydrogen) atoms. The van der Waals surface area contributed by atoms with Crippen molar-refractivity contribution >= 4 is 5.78 Å². The van der Waals surface area contributed by atoms with Crippen molar-refractivity contribution in [3.63, 3.8) is 0 Å². The Hall–Kier alpha value is -1.15. The van der Waals surface area contributed by atoms with Crippen molar-refractivity contribution in [2.24, 2.45) is 5.92 Å². The number of carbonyl (C=O) groups excluding carboxylic acids is 1. The highest BCUT2D eigenvalue weighted by Crippen LogP contribution is 2.34. The Kier molecular flexibility index (Phi) is 4.51. The Bertz CT molecular complexity index is 462. The SMILES string of the molecule is O=C(CC1CCCNC1)CC1CCCc2ccccc21. The first kappa shape index (κ1) is 13.8. The molecule has 2 unspecified atom stereocenters. The van der Waals surface area contributed by atoms with Crippen molar-refractivity contribution in [3.8, 4) is 0 Å². The summed E-state index contributed by atoms with van der Waals surface area (Å²) in [6.45, 7) is 2.16. The van der Waals surface area contributed by atoms with Gasteiger partial charge < -0.3 is 5.32 Å². The zero-order valence-corrected chi connectivity index (χ0v) is 12.2. The average molecular weight is 271 g/mol. The Morgan fingerprint density at radius 2 is 2.05 bits per heavy atom. The van der Waals surface area contributed by atoms with Crippen LogP contribution in [0, 0.1) is 5.92 Å². The summed E-state index contributed by atoms with van der Waals surface area (Å²) in [6.07, 6.45) is 7.60. The number of carbonyl (C=O) groups is 1. The fourth-order valence-electron chi connectivity index (χ4n) is 3.84. The molecule has 3 rings (SSSR count). The number of fused-ring (bicyclic) bond motifs is 1. The molecule has 0 amide bonds. The maximum Gasteiger partial charge on any atom is 0.133 e. The van der Waals surface area contributed by atoms with Crippen LogP contribution in [0.4, 0.5) is 0 Å². The van der Waals surface area contributed by atoms with Crippen LogP contribution < -0.4 is 5.32 Å². The van der Waals surface area contributed by atoms with Gasteiger partial charge in [-0.25, -0.2) is 0 Å². The highest BCUT2D eigenvalue weighted by molar-refractivity contribution is 5.79. The molecule has 1 fully saturated rings. The monoisotopic (exact) mass is 271 g/mol. The van der Waals surface area contributed by atoms with Gasteiger partial charge in [0.1, 0.15) is 5.78 Å². The summed E-state index contributed by atoms with van der Waals surface area (Å²) < 4.78 is 0. The van der Waals surface area contributed by atoms with Crippen molar-refractivity contribution < 1.29 is 4.79 Å². The van der Waals surface area contributed by atoms with Gasteiger partial charge in [-0.05, 0) is 68.2 Å². The van der Waals surface area contributed by atoms with Gasteiger partial charge in [-0.2, -0.15) is 0 Å². The van der Waals surface area contributed by atoms with Gasteiger partial charge in [0.15, 0.2) is 0 Å². The summed E-state index contributed by atoms with van der Waals surface area (Å²) in [6, 6.07) is 8.70. The van der Waals surface area contributed by atoms with Gasteiger partial charge in [-0.15, -0.1) is 0 Å². The van der Waals surface area contributed by atoms with E-state index in [4.69, 9.17) is 0 Å². The maximum atomic E-state index is 12.4. The number of nitrogens with one attached hydrogen (secondary N) is 1. The van der Waals surface area contributed by atoms with Crippen LogP contribution in [0.1, 0.15) is 55.6 Å². The first-order valence-electron chi connectivity index (χ1n) is 8.13. The summed E-state index contributed by atoms with van der Waals surface area (Å²) in [5.74, 6) is 1.53. The van der Waals surface area contributed by atoms with Gasteiger partial charge in [-0.3, -0.25) is 4.79 Å². The topological polar surface area (TPSA) is 29.1 Å². The molecule has 1 saturated heterocycles. The molecule has 2 nitrogen and oxygen atoms in total. The van der Waals surface area contributed by atoms with Gasteiger partial charge >= 0.3 is 0 Å². The van der Waals surface area contributed by atoms with Crippen molar-refractivity contribution in [2.75, 3.05) is 13.1 Å². The Morgan fingerprint density at radius 1 is 1.15 bits per heavy atom. The molecule has 1 aliphatic heterocycles. The molecule has 2 aliphatic rings. The van der Waals surface area contributed by atoms with Crippen molar-refractivity contribution in [1.29, 1.82) is 0 Å². The Morgan fingerprint density at radius 3 is 2.90 bits per heavy atom. The second kappa shape index (κ2) is 6.53. The van der Waals surface area contributed by atoms with Crippen LogP contribution in [0.5, 0.6) is 0 Å². The second-order valence-corrected chi connectivity index (χ2v) is 6.45. The van der Waals surface area contributed by atoms with Crippen LogP contribution in [0.15, 0.2) is 24.3 Å². The van der Waals surface area contributed by atoms with Gasteiger partial charge in [0, 0.05) is 12.8 Å². The number of rotatable bonds is 4. The molecule has 1 aromatic rings. The molecule has 0 bridgehead atoms. The molecule has 1 aromatic carbocycles. The van der Waals surface area contributed by atoms with E-state index in [1.54, 1.807) is 0 Å². The first-order chi connectivity index (χ1) is 9.83. The molecule has 1 N–H and O–H groups in total. The second-order valence-electron chi connectivity index (χ2n) is 6.45. The molecular weight excluding hydrogens is 246 g/mol. The van der Waals surface area contributed by atoms with Gasteiger partial charge in [-0.1, -0.05) is 24.3 Å². The third-order valence-corrected chi connectivity index (χ3v) is 4.88. The third kappa shape index (κ3) is 3.29. The average Bonchev–Trinajstić information content (AvgIpc) is 2.48. The van der Waals surface area contributed by atoms with Crippen molar-refractivity contribution in [2.45, 2.75) is 50.9 Å². The molecule has 0 spiro atoms. The summed E-state index contributed by atoms with van der Waals surface area (Å²) in [5, 5.41) is 3.41. The number of benzene rings is 1. The predicted octanol–water partition coefficient (Wildman–Crippen LogP) is 3.46. The Balaban J connectivity index is 1.59. The maximum absolute atomic E-state index is 12.4. The molecule has 2 heteroatoms. The summed E-state index contributed by atoms with van der Waals surface area (Å²) in [4.78, 5) is 12.4. The minimum absolute atomic E-state index is 0.473. The molecule has 0 aromatic heterocycles. The summed E-state index contributed by atoms with van der Waals surface area (Å²) in [5.41, 5.74) is 2.91. The molecule has 1 heterocycles. The number of ketones is 1. The van der Waals surface area contributed by atoms with E-state index in [1.807, 2.05) is 0 Å². The minimum atomic E-state index is 0.473. The standard InChI is InChI=1S/C18H25NO/c20-17(11-14-5-4-10-19-13-14)12-16-8-3-7-15-6-1-2-9-18(15)16/h1-2,6,9,14,16,19H,3-5,7-8,10-13H2. The van der Waals surface area contributed by atoms with Crippen LogP contribution in [0.2, 0.25) is 0 Å². The van der Waals surface area contributed by atoms with Gasteiger partial charge in [0.05, 0.1) is 0 Å². The first-order valence-corrected chi connectivity index (χ1v) is 8.13. The number of piperidine rings is 1. The van der Waals surface area contributed by atoms with E-state index < -0.39 is 0 Å². The van der Waals surface area contributed by atoms with Crippen LogP contribution >= 0.6 is 0 Å². The van der Waals surface area contributed by atoms with Gasteiger partial charge in [0.2, 0.25) is 0 Å². The van der Waals surface area contributed by atoms with Crippen LogP contribution in [-0.4, -0.2) is 18.9 Å². The largest absolute Gasteiger partial charge is 0.316 e. The quantitative estimate of drug-likeness (QED) is 0.908. The number of hydrogen-bond acceptors (Lipinski definition) is 2. The minimum Gasteiger partial charge on any atom is -0.316 e. The molecule has 0 radical (unpaired) electrons. The van der Waals surface area contributed by atoms with E-state index in [2.05, 4.69) is 29.6 Å². The molecule has 2 atom stereocenters. The number of hydrogen-bond donors (Lipinski definition) is 1. The molecule has 0 saturated carbocycles. The number of Topliss-reactive ketones (excluding diaryl/α,β-unsaturated/α-hetero) is 1. The van der Waals surface area contributed by atoms with E-state index in [0.29, 0.717) is 17.6 Å². The lowest BCUT2D eigenvalue weighted by atomic mass is 9.79. The smallest absolute Gasteiger partial charge is 0.133 e.